The molecule has 0 atom stereocenters. The van der Waals surface area contributed by atoms with E-state index in [9.17, 15) is 18.0 Å². The summed E-state index contributed by atoms with van der Waals surface area (Å²) >= 11 is 0. The highest BCUT2D eigenvalue weighted by molar-refractivity contribution is 7.92. The van der Waals surface area contributed by atoms with Crippen LogP contribution in [0.3, 0.4) is 0 Å². The second-order valence-corrected chi connectivity index (χ2v) is 7.52. The third kappa shape index (κ3) is 4.91. The number of ketones is 1. The molecule has 0 aliphatic carbocycles. The molecule has 26 heavy (non-hydrogen) atoms. The van der Waals surface area contributed by atoms with E-state index in [1.807, 2.05) is 6.07 Å². The summed E-state index contributed by atoms with van der Waals surface area (Å²) in [7, 11) is -3.73. The molecule has 0 saturated heterocycles. The van der Waals surface area contributed by atoms with Gasteiger partial charge in [0, 0.05) is 11.3 Å². The molecular weight excluding hydrogens is 354 g/mol. The van der Waals surface area contributed by atoms with Crippen molar-refractivity contribution in [3.8, 4) is 6.07 Å². The van der Waals surface area contributed by atoms with Crippen LogP contribution in [0.4, 0.5) is 11.4 Å². The number of hydrogen-bond acceptors (Lipinski definition) is 5. The molecule has 134 valence electrons. The van der Waals surface area contributed by atoms with Gasteiger partial charge in [0.1, 0.15) is 6.54 Å². The maximum Gasteiger partial charge on any atom is 0.245 e. The van der Waals surface area contributed by atoms with Gasteiger partial charge in [0.2, 0.25) is 15.9 Å². The molecule has 0 fully saturated rings. The first-order valence-corrected chi connectivity index (χ1v) is 9.44. The molecule has 2 aromatic rings. The van der Waals surface area contributed by atoms with Gasteiger partial charge >= 0.3 is 0 Å². The highest BCUT2D eigenvalue weighted by Crippen LogP contribution is 2.19. The van der Waals surface area contributed by atoms with Crippen LogP contribution < -0.4 is 9.62 Å². The van der Waals surface area contributed by atoms with Gasteiger partial charge in [0.25, 0.3) is 0 Å². The maximum absolute atomic E-state index is 12.3. The Hall–Kier alpha value is -3.18. The largest absolute Gasteiger partial charge is 0.325 e. The lowest BCUT2D eigenvalue weighted by atomic mass is 10.1. The Morgan fingerprint density at radius 1 is 1.15 bits per heavy atom. The quantitative estimate of drug-likeness (QED) is 0.783. The van der Waals surface area contributed by atoms with Gasteiger partial charge in [-0.15, -0.1) is 0 Å². The first-order valence-electron chi connectivity index (χ1n) is 7.59. The molecule has 0 radical (unpaired) electrons. The third-order valence-electron chi connectivity index (χ3n) is 3.53. The zero-order valence-corrected chi connectivity index (χ0v) is 15.1. The number of Topliss-reactive ketones (excluding diaryl/α,β-unsaturated/α-hetero) is 1. The van der Waals surface area contributed by atoms with Crippen molar-refractivity contribution in [2.24, 2.45) is 0 Å². The number of nitrogens with one attached hydrogen (secondary N) is 1. The van der Waals surface area contributed by atoms with E-state index in [0.29, 0.717) is 11.3 Å². The van der Waals surface area contributed by atoms with Crippen LogP contribution in [0.2, 0.25) is 0 Å². The van der Waals surface area contributed by atoms with Crippen LogP contribution >= 0.6 is 0 Å². The number of nitriles is 1. The Bertz CT molecular complexity index is 976. The monoisotopic (exact) mass is 371 g/mol. The zero-order chi connectivity index (χ0) is 19.3. The smallest absolute Gasteiger partial charge is 0.245 e. The van der Waals surface area contributed by atoms with Crippen molar-refractivity contribution in [3.05, 3.63) is 59.7 Å². The van der Waals surface area contributed by atoms with Crippen LogP contribution in [0.5, 0.6) is 0 Å². The topological polar surface area (TPSA) is 107 Å². The molecule has 0 aliphatic rings. The van der Waals surface area contributed by atoms with Crippen molar-refractivity contribution in [1.82, 2.24) is 0 Å². The van der Waals surface area contributed by atoms with Gasteiger partial charge in [-0.3, -0.25) is 13.9 Å². The summed E-state index contributed by atoms with van der Waals surface area (Å²) < 4.78 is 25.1. The van der Waals surface area contributed by atoms with Crippen molar-refractivity contribution in [1.29, 1.82) is 5.26 Å². The fourth-order valence-electron chi connectivity index (χ4n) is 2.25. The fourth-order valence-corrected chi connectivity index (χ4v) is 3.10. The number of hydrogen-bond donors (Lipinski definition) is 1. The third-order valence-corrected chi connectivity index (χ3v) is 4.67. The number of carbonyl (C=O) groups is 2. The number of carbonyl (C=O) groups excluding carboxylic acids is 2. The van der Waals surface area contributed by atoms with E-state index in [1.165, 1.54) is 19.1 Å². The van der Waals surface area contributed by atoms with Gasteiger partial charge in [0.05, 0.1) is 23.6 Å². The minimum Gasteiger partial charge on any atom is -0.325 e. The van der Waals surface area contributed by atoms with Gasteiger partial charge in [-0.05, 0) is 49.4 Å². The lowest BCUT2D eigenvalue weighted by Crippen LogP contribution is -2.37. The number of anilines is 2. The Kier molecular flexibility index (Phi) is 5.75. The molecule has 1 N–H and O–H groups in total. The number of nitrogens with zero attached hydrogens (tertiary/aromatic N) is 2. The van der Waals surface area contributed by atoms with Crippen molar-refractivity contribution < 1.29 is 18.0 Å². The van der Waals surface area contributed by atoms with Gasteiger partial charge < -0.3 is 5.32 Å². The average molecular weight is 371 g/mol. The van der Waals surface area contributed by atoms with Crippen LogP contribution in [0, 0.1) is 11.3 Å². The SMILES string of the molecule is CC(=O)c1ccc(NC(=O)CN(c2cccc(C#N)c2)S(C)(=O)=O)cc1. The van der Waals surface area contributed by atoms with Crippen LogP contribution in [0.15, 0.2) is 48.5 Å². The predicted octanol–water partition coefficient (Wildman–Crippen LogP) is 2.17. The highest BCUT2D eigenvalue weighted by Gasteiger charge is 2.21. The van der Waals surface area contributed by atoms with Crippen molar-refractivity contribution in [2.45, 2.75) is 6.92 Å². The predicted molar refractivity (Wildman–Crippen MR) is 98.4 cm³/mol. The van der Waals surface area contributed by atoms with E-state index in [1.54, 1.807) is 36.4 Å². The zero-order valence-electron chi connectivity index (χ0n) is 14.3. The molecule has 0 aromatic heterocycles. The van der Waals surface area contributed by atoms with E-state index in [0.717, 1.165) is 10.6 Å². The summed E-state index contributed by atoms with van der Waals surface area (Å²) in [5.41, 5.74) is 1.47. The normalized spacial score (nSPS) is 10.7. The van der Waals surface area contributed by atoms with E-state index >= 15 is 0 Å². The van der Waals surface area contributed by atoms with Crippen LogP contribution in [-0.2, 0) is 14.8 Å². The molecule has 0 unspecified atom stereocenters. The molecule has 1 amide bonds. The van der Waals surface area contributed by atoms with Gasteiger partial charge in [-0.2, -0.15) is 5.26 Å². The first kappa shape index (κ1) is 19.1. The molecule has 0 saturated carbocycles. The maximum atomic E-state index is 12.3. The second kappa shape index (κ2) is 7.80. The molecule has 7 nitrogen and oxygen atoms in total. The van der Waals surface area contributed by atoms with Crippen LogP contribution in [0.25, 0.3) is 0 Å². The summed E-state index contributed by atoms with van der Waals surface area (Å²) in [5, 5.41) is 11.6. The van der Waals surface area contributed by atoms with E-state index in [4.69, 9.17) is 5.26 Å². The number of amides is 1. The van der Waals surface area contributed by atoms with Gasteiger partial charge in [0.15, 0.2) is 5.78 Å². The van der Waals surface area contributed by atoms with Gasteiger partial charge in [-0.25, -0.2) is 8.42 Å². The van der Waals surface area contributed by atoms with Crippen LogP contribution in [0.1, 0.15) is 22.8 Å². The lowest BCUT2D eigenvalue weighted by molar-refractivity contribution is -0.114. The first-order chi connectivity index (χ1) is 12.2. The Morgan fingerprint density at radius 3 is 2.35 bits per heavy atom. The molecule has 0 aliphatic heterocycles. The van der Waals surface area contributed by atoms with Crippen molar-refractivity contribution in [2.75, 3.05) is 22.4 Å². The summed E-state index contributed by atoms with van der Waals surface area (Å²) in [6.07, 6.45) is 0.987. The molecule has 8 heteroatoms. The summed E-state index contributed by atoms with van der Waals surface area (Å²) in [4.78, 5) is 23.5. The van der Waals surface area contributed by atoms with Crippen molar-refractivity contribution in [3.63, 3.8) is 0 Å². The summed E-state index contributed by atoms with van der Waals surface area (Å²) in [6, 6.07) is 14.2. The Labute approximate surface area is 151 Å². The summed E-state index contributed by atoms with van der Waals surface area (Å²) in [6.45, 7) is 0.995. The summed E-state index contributed by atoms with van der Waals surface area (Å²) in [5.74, 6) is -0.642. The molecular formula is C18H17N3O4S. The Balaban J connectivity index is 2.19. The number of benzene rings is 2. The van der Waals surface area contributed by atoms with Gasteiger partial charge in [-0.1, -0.05) is 6.07 Å². The fraction of sp³-hybridized carbons (Fsp3) is 0.167. The molecule has 0 bridgehead atoms. The standard InChI is InChI=1S/C18H17N3O4S/c1-13(22)15-6-8-16(9-7-15)20-18(23)12-21(26(2,24)25)17-5-3-4-14(10-17)11-19/h3-10H,12H2,1-2H3,(H,20,23). The van der Waals surface area contributed by atoms with Crippen molar-refractivity contribution >= 4 is 33.1 Å². The number of sulfonamides is 1. The minimum atomic E-state index is -3.73. The average Bonchev–Trinajstić information content (AvgIpc) is 2.59. The van der Waals surface area contributed by atoms with E-state index in [-0.39, 0.29) is 17.0 Å². The Morgan fingerprint density at radius 2 is 1.81 bits per heavy atom. The molecule has 2 rings (SSSR count). The number of rotatable bonds is 6. The van der Waals surface area contributed by atoms with Crippen LogP contribution in [-0.4, -0.2) is 32.9 Å². The lowest BCUT2D eigenvalue weighted by Gasteiger charge is -2.22. The second-order valence-electron chi connectivity index (χ2n) is 5.61. The van der Waals surface area contributed by atoms with E-state index < -0.39 is 22.5 Å². The molecule has 0 heterocycles. The minimum absolute atomic E-state index is 0.0940. The highest BCUT2D eigenvalue weighted by atomic mass is 32.2. The molecule has 2 aromatic carbocycles. The van der Waals surface area contributed by atoms with E-state index in [2.05, 4.69) is 5.32 Å². The molecule has 0 spiro atoms.